The van der Waals surface area contributed by atoms with Gasteiger partial charge in [0.05, 0.1) is 12.1 Å². The average molecular weight is 451 g/mol. The Hall–Kier alpha value is -3.04. The van der Waals surface area contributed by atoms with E-state index in [4.69, 9.17) is 0 Å². The van der Waals surface area contributed by atoms with E-state index in [0.717, 1.165) is 13.1 Å². The van der Waals surface area contributed by atoms with Gasteiger partial charge >= 0.3 is 0 Å². The number of fused-ring (bicyclic) bond motifs is 2. The number of benzene rings is 1. The highest BCUT2D eigenvalue weighted by atomic mass is 16.3. The van der Waals surface area contributed by atoms with Crippen molar-refractivity contribution in [1.29, 1.82) is 0 Å². The molecule has 0 bridgehead atoms. The van der Waals surface area contributed by atoms with E-state index >= 15 is 0 Å². The molecule has 1 spiro atoms. The maximum atomic E-state index is 12.6. The monoisotopic (exact) mass is 450 g/mol. The minimum absolute atomic E-state index is 0.0513. The van der Waals surface area contributed by atoms with Crippen molar-refractivity contribution in [3.8, 4) is 0 Å². The van der Waals surface area contributed by atoms with E-state index in [-0.39, 0.29) is 35.5 Å². The molecule has 33 heavy (non-hydrogen) atoms. The van der Waals surface area contributed by atoms with Gasteiger partial charge in [0.25, 0.3) is 5.91 Å². The Morgan fingerprint density at radius 1 is 1.24 bits per heavy atom. The smallest absolute Gasteiger partial charge is 0.270 e. The quantitative estimate of drug-likeness (QED) is 0.571. The number of likely N-dealkylation sites (tertiary alicyclic amines) is 1. The fraction of sp³-hybridized carbons (Fsp3) is 0.500. The van der Waals surface area contributed by atoms with E-state index in [2.05, 4.69) is 49.8 Å². The number of rotatable bonds is 7. The molecule has 2 amide bonds. The fourth-order valence-corrected chi connectivity index (χ4v) is 4.95. The number of nitrogens with zero attached hydrogens (tertiary/aromatic N) is 4. The van der Waals surface area contributed by atoms with Crippen LogP contribution in [-0.2, 0) is 16.8 Å². The van der Waals surface area contributed by atoms with E-state index in [1.165, 1.54) is 30.3 Å². The van der Waals surface area contributed by atoms with Gasteiger partial charge in [-0.25, -0.2) is 9.97 Å². The number of aliphatic hydroxyl groups excluding tert-OH is 1. The Morgan fingerprint density at radius 2 is 2.03 bits per heavy atom. The lowest BCUT2D eigenvalue weighted by Crippen LogP contribution is -2.56. The van der Waals surface area contributed by atoms with Crippen molar-refractivity contribution >= 4 is 17.6 Å². The molecule has 9 heteroatoms. The van der Waals surface area contributed by atoms with Crippen LogP contribution in [0.5, 0.6) is 0 Å². The van der Waals surface area contributed by atoms with Crippen LogP contribution >= 0.6 is 0 Å². The second-order valence-corrected chi connectivity index (χ2v) is 9.52. The Kier molecular flexibility index (Phi) is 5.76. The summed E-state index contributed by atoms with van der Waals surface area (Å²) in [5, 5.41) is 16.6. The molecular weight excluding hydrogens is 420 g/mol. The standard InChI is InChI=1S/C24H30N6O3/c1-16(31)30-11-18(12-30)28-22-8-21(26-15-27-22)23(33)25-9-19(32)13-29-10-17-4-2-3-5-20(17)24(14-29)6-7-24/h2-5,8,15,18-19,32H,6-7,9-14H2,1H3,(H,25,33)(H,26,27,28)/t19-/m0/s1. The van der Waals surface area contributed by atoms with Crippen molar-refractivity contribution in [1.82, 2.24) is 25.1 Å². The molecule has 1 saturated carbocycles. The molecule has 1 aliphatic carbocycles. The van der Waals surface area contributed by atoms with Crippen LogP contribution in [0, 0.1) is 0 Å². The summed E-state index contributed by atoms with van der Waals surface area (Å²) in [6.45, 7) is 5.25. The molecule has 2 aromatic rings. The topological polar surface area (TPSA) is 111 Å². The maximum absolute atomic E-state index is 12.6. The normalized spacial score (nSPS) is 20.0. The largest absolute Gasteiger partial charge is 0.390 e. The first-order chi connectivity index (χ1) is 15.9. The predicted molar refractivity (Wildman–Crippen MR) is 123 cm³/mol. The van der Waals surface area contributed by atoms with E-state index in [9.17, 15) is 14.7 Å². The van der Waals surface area contributed by atoms with Crippen LogP contribution in [0.25, 0.3) is 0 Å². The summed E-state index contributed by atoms with van der Waals surface area (Å²) in [6, 6.07) is 10.3. The highest BCUT2D eigenvalue weighted by Crippen LogP contribution is 2.52. The SMILES string of the molecule is CC(=O)N1CC(Nc2cc(C(=O)NC[C@H](O)CN3Cc4ccccc4C4(CC4)C3)ncn2)C1. The first-order valence-corrected chi connectivity index (χ1v) is 11.5. The Bertz CT molecular complexity index is 1050. The molecule has 2 aliphatic heterocycles. The minimum atomic E-state index is -0.665. The molecule has 1 aromatic heterocycles. The summed E-state index contributed by atoms with van der Waals surface area (Å²) < 4.78 is 0. The molecule has 2 fully saturated rings. The highest BCUT2D eigenvalue weighted by Gasteiger charge is 2.48. The predicted octanol–water partition coefficient (Wildman–Crippen LogP) is 0.757. The molecule has 3 aliphatic rings. The summed E-state index contributed by atoms with van der Waals surface area (Å²) in [5.41, 5.74) is 3.31. The van der Waals surface area contributed by atoms with Gasteiger partial charge in [-0.1, -0.05) is 24.3 Å². The van der Waals surface area contributed by atoms with Gasteiger partial charge in [0, 0.05) is 57.7 Å². The first-order valence-electron chi connectivity index (χ1n) is 11.5. The summed E-state index contributed by atoms with van der Waals surface area (Å²) >= 11 is 0. The highest BCUT2D eigenvalue weighted by molar-refractivity contribution is 5.92. The summed E-state index contributed by atoms with van der Waals surface area (Å²) in [4.78, 5) is 36.1. The van der Waals surface area contributed by atoms with Crippen LogP contribution < -0.4 is 10.6 Å². The van der Waals surface area contributed by atoms with Gasteiger partial charge in [-0.05, 0) is 24.0 Å². The van der Waals surface area contributed by atoms with Crippen molar-refractivity contribution in [2.75, 3.05) is 38.0 Å². The Labute approximate surface area is 193 Å². The minimum Gasteiger partial charge on any atom is -0.390 e. The zero-order valence-electron chi connectivity index (χ0n) is 18.8. The van der Waals surface area contributed by atoms with Gasteiger partial charge in [0.15, 0.2) is 0 Å². The van der Waals surface area contributed by atoms with Gasteiger partial charge in [0.2, 0.25) is 5.91 Å². The fourth-order valence-electron chi connectivity index (χ4n) is 4.95. The number of carbonyl (C=O) groups is 2. The third-order valence-corrected chi connectivity index (χ3v) is 6.91. The molecule has 1 saturated heterocycles. The van der Waals surface area contributed by atoms with E-state index in [1.807, 2.05) is 0 Å². The first kappa shape index (κ1) is 21.8. The number of anilines is 1. The van der Waals surface area contributed by atoms with Crippen molar-refractivity contribution < 1.29 is 14.7 Å². The second-order valence-electron chi connectivity index (χ2n) is 9.52. The van der Waals surface area contributed by atoms with Gasteiger partial charge in [-0.3, -0.25) is 14.5 Å². The second kappa shape index (κ2) is 8.72. The molecule has 3 N–H and O–H groups in total. The van der Waals surface area contributed by atoms with E-state index in [1.54, 1.807) is 17.9 Å². The van der Waals surface area contributed by atoms with Crippen LogP contribution in [0.15, 0.2) is 36.7 Å². The summed E-state index contributed by atoms with van der Waals surface area (Å²) in [6.07, 6.45) is 3.08. The van der Waals surface area contributed by atoms with Crippen LogP contribution in [-0.4, -0.2) is 81.6 Å². The van der Waals surface area contributed by atoms with E-state index < -0.39 is 6.10 Å². The molecule has 9 nitrogen and oxygen atoms in total. The molecule has 0 radical (unpaired) electrons. The molecule has 5 rings (SSSR count). The van der Waals surface area contributed by atoms with Crippen LogP contribution in [0.4, 0.5) is 5.82 Å². The van der Waals surface area contributed by atoms with Crippen molar-refractivity contribution in [3.05, 3.63) is 53.5 Å². The lowest BCUT2D eigenvalue weighted by atomic mass is 9.87. The summed E-state index contributed by atoms with van der Waals surface area (Å²) in [5.74, 6) is 0.252. The number of hydrogen-bond donors (Lipinski definition) is 3. The van der Waals surface area contributed by atoms with Crippen LogP contribution in [0.1, 0.15) is 41.4 Å². The lowest BCUT2D eigenvalue weighted by molar-refractivity contribution is -0.132. The third-order valence-electron chi connectivity index (χ3n) is 6.91. The summed E-state index contributed by atoms with van der Waals surface area (Å²) in [7, 11) is 0. The number of hydrogen-bond acceptors (Lipinski definition) is 7. The average Bonchev–Trinajstić information content (AvgIpc) is 3.54. The van der Waals surface area contributed by atoms with Crippen LogP contribution in [0.2, 0.25) is 0 Å². The van der Waals surface area contributed by atoms with Crippen molar-refractivity contribution in [2.24, 2.45) is 0 Å². The molecule has 1 atom stereocenters. The zero-order valence-corrected chi connectivity index (χ0v) is 18.8. The van der Waals surface area contributed by atoms with Crippen molar-refractivity contribution in [3.63, 3.8) is 0 Å². The van der Waals surface area contributed by atoms with Crippen LogP contribution in [0.3, 0.4) is 0 Å². The lowest BCUT2D eigenvalue weighted by Gasteiger charge is -2.39. The number of nitrogens with one attached hydrogen (secondary N) is 2. The van der Waals surface area contributed by atoms with Gasteiger partial charge in [0.1, 0.15) is 17.8 Å². The Morgan fingerprint density at radius 3 is 2.79 bits per heavy atom. The number of β-amino-alcohol motifs (C(OH)–C–C–N with tert-alkyl or cyclic N) is 1. The van der Waals surface area contributed by atoms with E-state index in [0.29, 0.717) is 25.5 Å². The molecule has 0 unspecified atom stereocenters. The van der Waals surface area contributed by atoms with Gasteiger partial charge in [-0.15, -0.1) is 0 Å². The molecular formula is C24H30N6O3. The number of aliphatic hydroxyl groups is 1. The van der Waals surface area contributed by atoms with Gasteiger partial charge < -0.3 is 20.6 Å². The Balaban J connectivity index is 1.11. The molecule has 174 valence electrons. The zero-order chi connectivity index (χ0) is 23.0. The third kappa shape index (κ3) is 4.69. The molecule has 1 aromatic carbocycles. The molecule has 3 heterocycles. The number of carbonyl (C=O) groups excluding carboxylic acids is 2. The van der Waals surface area contributed by atoms with Gasteiger partial charge in [-0.2, -0.15) is 0 Å². The number of aromatic nitrogens is 2. The maximum Gasteiger partial charge on any atom is 0.270 e. The number of amides is 2. The van der Waals surface area contributed by atoms with Crippen molar-refractivity contribution in [2.45, 2.75) is 43.9 Å².